The van der Waals surface area contributed by atoms with Crippen molar-refractivity contribution in [1.82, 2.24) is 0 Å². The molecule has 4 heteroatoms. The highest BCUT2D eigenvalue weighted by Gasteiger charge is 2.32. The zero-order chi connectivity index (χ0) is 8.48. The maximum atomic E-state index is 10.7. The molecule has 1 rings (SSSR count). The quantitative estimate of drug-likeness (QED) is 0.593. The second kappa shape index (κ2) is 3.26. The lowest BCUT2D eigenvalue weighted by Crippen LogP contribution is -2.29. The third-order valence-electron chi connectivity index (χ3n) is 1.46. The van der Waals surface area contributed by atoms with E-state index in [9.17, 15) is 4.79 Å². The van der Waals surface area contributed by atoms with Crippen molar-refractivity contribution in [3.05, 3.63) is 21.8 Å². The van der Waals surface area contributed by atoms with Crippen LogP contribution in [0.1, 0.15) is 6.42 Å². The Kier molecular flexibility index (Phi) is 2.74. The zero-order valence-electron chi connectivity index (χ0n) is 5.55. The first-order chi connectivity index (χ1) is 5.04. The normalized spacial score (nSPS) is 29.8. The first-order valence-corrected chi connectivity index (χ1v) is 4.89. The highest BCUT2D eigenvalue weighted by molar-refractivity contribution is 14.1. The van der Waals surface area contributed by atoms with Crippen molar-refractivity contribution in [2.45, 2.75) is 10.7 Å². The molecule has 0 bridgehead atoms. The van der Waals surface area contributed by atoms with Crippen LogP contribution in [0.3, 0.4) is 0 Å². The molecule has 1 atom stereocenters. The summed E-state index contributed by atoms with van der Waals surface area (Å²) in [6.45, 7) is 0. The van der Waals surface area contributed by atoms with Crippen molar-refractivity contribution < 1.29 is 9.90 Å². The number of carbonyl (C=O) groups is 1. The Morgan fingerprint density at radius 3 is 2.82 bits per heavy atom. The molecule has 0 heterocycles. The molecule has 0 radical (unpaired) electrons. The van der Waals surface area contributed by atoms with E-state index in [4.69, 9.17) is 5.11 Å². The van der Waals surface area contributed by atoms with E-state index >= 15 is 0 Å². The summed E-state index contributed by atoms with van der Waals surface area (Å²) in [6, 6.07) is 0. The summed E-state index contributed by atoms with van der Waals surface area (Å²) >= 11 is 5.31. The topological polar surface area (TPSA) is 37.3 Å². The minimum Gasteiger partial charge on any atom is -0.480 e. The third kappa shape index (κ3) is 2.05. The molecule has 0 aliphatic heterocycles. The molecule has 0 amide bonds. The maximum Gasteiger partial charge on any atom is 0.324 e. The number of alkyl halides is 1. The maximum absolute atomic E-state index is 10.7. The van der Waals surface area contributed by atoms with Gasteiger partial charge in [-0.3, -0.25) is 4.79 Å². The van der Waals surface area contributed by atoms with Gasteiger partial charge in [0.05, 0.1) is 0 Å². The first-order valence-electron chi connectivity index (χ1n) is 3.02. The van der Waals surface area contributed by atoms with E-state index in [2.05, 4.69) is 38.5 Å². The Balaban J connectivity index is 2.82. The lowest BCUT2D eigenvalue weighted by atomic mass is 10.0. The molecular weight excluding hydrogens is 323 g/mol. The average molecular weight is 329 g/mol. The van der Waals surface area contributed by atoms with Gasteiger partial charge in [0.2, 0.25) is 0 Å². The van der Waals surface area contributed by atoms with E-state index in [1.54, 1.807) is 12.2 Å². The number of halogens is 2. The largest absolute Gasteiger partial charge is 0.480 e. The standard InChI is InChI=1S/C7H6BrIO2/c8-7(6(10)11)3-1-5(9)2-4-7/h1-3H,4H2,(H,10,11). The number of hydrogen-bond acceptors (Lipinski definition) is 1. The molecule has 0 aromatic rings. The molecule has 1 aliphatic rings. The van der Waals surface area contributed by atoms with E-state index in [1.165, 1.54) is 0 Å². The second-order valence-corrected chi connectivity index (χ2v) is 4.95. The van der Waals surface area contributed by atoms with E-state index in [0.29, 0.717) is 6.42 Å². The van der Waals surface area contributed by atoms with Gasteiger partial charge in [-0.2, -0.15) is 0 Å². The molecule has 1 N–H and O–H groups in total. The number of aliphatic carboxylic acids is 1. The van der Waals surface area contributed by atoms with Crippen molar-refractivity contribution in [3.63, 3.8) is 0 Å². The van der Waals surface area contributed by atoms with Crippen molar-refractivity contribution in [2.24, 2.45) is 0 Å². The molecule has 11 heavy (non-hydrogen) atoms. The summed E-state index contributed by atoms with van der Waals surface area (Å²) in [5, 5.41) is 8.75. The summed E-state index contributed by atoms with van der Waals surface area (Å²) < 4.78 is 0.209. The number of allylic oxidation sites excluding steroid dienone is 3. The fourth-order valence-electron chi connectivity index (χ4n) is 0.752. The molecule has 1 aliphatic carbocycles. The van der Waals surface area contributed by atoms with Gasteiger partial charge in [0.1, 0.15) is 4.32 Å². The Morgan fingerprint density at radius 2 is 2.45 bits per heavy atom. The van der Waals surface area contributed by atoms with E-state index in [0.717, 1.165) is 3.58 Å². The molecule has 0 saturated carbocycles. The van der Waals surface area contributed by atoms with E-state index in [1.807, 2.05) is 6.08 Å². The van der Waals surface area contributed by atoms with Gasteiger partial charge in [0.15, 0.2) is 0 Å². The van der Waals surface area contributed by atoms with Crippen LogP contribution in [0.5, 0.6) is 0 Å². The van der Waals surface area contributed by atoms with E-state index in [-0.39, 0.29) is 0 Å². The fourth-order valence-corrected chi connectivity index (χ4v) is 1.45. The van der Waals surface area contributed by atoms with Crippen LogP contribution in [0.2, 0.25) is 0 Å². The lowest BCUT2D eigenvalue weighted by Gasteiger charge is -2.19. The molecule has 0 saturated heterocycles. The minimum atomic E-state index is -0.873. The molecule has 0 fully saturated rings. The van der Waals surface area contributed by atoms with Gasteiger partial charge in [-0.1, -0.05) is 34.2 Å². The molecule has 2 nitrogen and oxygen atoms in total. The van der Waals surface area contributed by atoms with Crippen molar-refractivity contribution in [3.8, 4) is 0 Å². The van der Waals surface area contributed by atoms with Crippen molar-refractivity contribution in [2.75, 3.05) is 0 Å². The summed E-state index contributed by atoms with van der Waals surface area (Å²) in [5.74, 6) is -0.839. The molecule has 60 valence electrons. The van der Waals surface area contributed by atoms with Crippen LogP contribution >= 0.6 is 38.5 Å². The van der Waals surface area contributed by atoms with Gasteiger partial charge < -0.3 is 5.11 Å². The average Bonchev–Trinajstić information content (AvgIpc) is 1.95. The van der Waals surface area contributed by atoms with Crippen LogP contribution in [0.4, 0.5) is 0 Å². The van der Waals surface area contributed by atoms with Crippen LogP contribution in [-0.4, -0.2) is 15.4 Å². The van der Waals surface area contributed by atoms with E-state index < -0.39 is 10.3 Å². The molecule has 0 aromatic carbocycles. The summed E-state index contributed by atoms with van der Waals surface area (Å²) in [4.78, 5) is 10.7. The predicted octanol–water partition coefficient (Wildman–Crippen LogP) is 2.48. The van der Waals surface area contributed by atoms with Gasteiger partial charge in [0.25, 0.3) is 0 Å². The number of hydrogen-bond donors (Lipinski definition) is 1. The predicted molar refractivity (Wildman–Crippen MR) is 55.2 cm³/mol. The van der Waals surface area contributed by atoms with Crippen LogP contribution < -0.4 is 0 Å². The zero-order valence-corrected chi connectivity index (χ0v) is 9.29. The van der Waals surface area contributed by atoms with Crippen LogP contribution in [0.15, 0.2) is 21.8 Å². The van der Waals surface area contributed by atoms with Crippen LogP contribution in [-0.2, 0) is 4.79 Å². The Bertz CT molecular complexity index is 247. The number of rotatable bonds is 1. The smallest absolute Gasteiger partial charge is 0.324 e. The highest BCUT2D eigenvalue weighted by Crippen LogP contribution is 2.31. The summed E-state index contributed by atoms with van der Waals surface area (Å²) in [7, 11) is 0. The Morgan fingerprint density at radius 1 is 1.82 bits per heavy atom. The molecule has 0 aromatic heterocycles. The molecular formula is C7H6BrIO2. The van der Waals surface area contributed by atoms with Gasteiger partial charge in [-0.25, -0.2) is 0 Å². The monoisotopic (exact) mass is 328 g/mol. The SMILES string of the molecule is O=C(O)C1(Br)C=CC(I)=CC1. The first kappa shape index (κ1) is 9.25. The van der Waals surface area contributed by atoms with Gasteiger partial charge >= 0.3 is 5.97 Å². The van der Waals surface area contributed by atoms with Crippen molar-refractivity contribution in [1.29, 1.82) is 0 Å². The fraction of sp³-hybridized carbons (Fsp3) is 0.286. The number of carboxylic acids is 1. The molecule has 1 unspecified atom stereocenters. The lowest BCUT2D eigenvalue weighted by molar-refractivity contribution is -0.138. The summed E-state index contributed by atoms with van der Waals surface area (Å²) in [6.07, 6.45) is 5.87. The van der Waals surface area contributed by atoms with Gasteiger partial charge in [0, 0.05) is 3.58 Å². The van der Waals surface area contributed by atoms with Gasteiger partial charge in [-0.05, 0) is 29.0 Å². The second-order valence-electron chi connectivity index (χ2n) is 2.29. The number of carboxylic acid groups (broad SMARTS) is 1. The van der Waals surface area contributed by atoms with Gasteiger partial charge in [-0.15, -0.1) is 0 Å². The Labute approximate surface area is 86.6 Å². The highest BCUT2D eigenvalue weighted by atomic mass is 127. The van der Waals surface area contributed by atoms with Crippen molar-refractivity contribution >= 4 is 44.5 Å². The minimum absolute atomic E-state index is 0.511. The summed E-state index contributed by atoms with van der Waals surface area (Å²) in [5.41, 5.74) is 0. The Hall–Kier alpha value is 0.160. The van der Waals surface area contributed by atoms with Crippen LogP contribution in [0, 0.1) is 0 Å². The van der Waals surface area contributed by atoms with Crippen LogP contribution in [0.25, 0.3) is 0 Å². The third-order valence-corrected chi connectivity index (χ3v) is 3.18. The molecule has 0 spiro atoms.